The summed E-state index contributed by atoms with van der Waals surface area (Å²) in [5.41, 5.74) is 1.93. The van der Waals surface area contributed by atoms with E-state index in [0.717, 1.165) is 16.6 Å². The average molecular weight is 281 g/mol. The number of aromatic nitrogens is 1. The van der Waals surface area contributed by atoms with Gasteiger partial charge < -0.3 is 19.6 Å². The number of aromatic amines is 1. The zero-order chi connectivity index (χ0) is 13.8. The van der Waals surface area contributed by atoms with Crippen molar-refractivity contribution in [1.29, 1.82) is 0 Å². The van der Waals surface area contributed by atoms with Gasteiger partial charge in [0, 0.05) is 28.4 Å². The van der Waals surface area contributed by atoms with E-state index in [2.05, 4.69) is 4.98 Å². The van der Waals surface area contributed by atoms with Crippen LogP contribution in [0.2, 0.25) is 0 Å². The van der Waals surface area contributed by atoms with Crippen molar-refractivity contribution in [2.75, 3.05) is 20.0 Å². The van der Waals surface area contributed by atoms with E-state index in [4.69, 9.17) is 14.6 Å². The smallest absolute Gasteiger partial charge is 0.313 e. The molecule has 102 valence electrons. The van der Waals surface area contributed by atoms with E-state index in [-0.39, 0.29) is 5.75 Å². The van der Waals surface area contributed by atoms with E-state index in [9.17, 15) is 4.79 Å². The number of fused-ring (bicyclic) bond motifs is 1. The summed E-state index contributed by atoms with van der Waals surface area (Å²) in [6.45, 7) is 0. The normalized spacial score (nSPS) is 10.6. The van der Waals surface area contributed by atoms with Crippen LogP contribution in [-0.4, -0.2) is 36.0 Å². The third-order valence-corrected chi connectivity index (χ3v) is 3.63. The Hall–Kier alpha value is -1.82. The Morgan fingerprint density at radius 2 is 1.95 bits per heavy atom. The maximum Gasteiger partial charge on any atom is 0.313 e. The number of methoxy groups -OCH3 is 2. The number of H-pyrrole nitrogens is 1. The van der Waals surface area contributed by atoms with Crippen molar-refractivity contribution in [2.24, 2.45) is 0 Å². The van der Waals surface area contributed by atoms with Gasteiger partial charge in [0.1, 0.15) is 0 Å². The topological polar surface area (TPSA) is 71.5 Å². The van der Waals surface area contributed by atoms with Gasteiger partial charge in [0.2, 0.25) is 0 Å². The summed E-state index contributed by atoms with van der Waals surface area (Å²) in [6, 6.07) is 5.77. The van der Waals surface area contributed by atoms with Crippen LogP contribution in [0, 0.1) is 0 Å². The number of hydrogen-bond donors (Lipinski definition) is 2. The molecule has 2 aromatic rings. The van der Waals surface area contributed by atoms with Crippen LogP contribution in [0.15, 0.2) is 18.2 Å². The van der Waals surface area contributed by atoms with Crippen molar-refractivity contribution >= 4 is 28.6 Å². The first-order chi connectivity index (χ1) is 9.13. The number of benzene rings is 1. The summed E-state index contributed by atoms with van der Waals surface area (Å²) in [5.74, 6) is 1.28. The first-order valence-electron chi connectivity index (χ1n) is 5.67. The Kier molecular flexibility index (Phi) is 4.21. The molecule has 0 unspecified atom stereocenters. The van der Waals surface area contributed by atoms with E-state index in [1.54, 1.807) is 14.2 Å². The summed E-state index contributed by atoms with van der Waals surface area (Å²) in [7, 11) is 3.19. The van der Waals surface area contributed by atoms with Gasteiger partial charge in [-0.3, -0.25) is 4.79 Å². The number of carboxylic acids is 1. The molecule has 1 aromatic heterocycles. The van der Waals surface area contributed by atoms with Crippen LogP contribution in [0.4, 0.5) is 0 Å². The van der Waals surface area contributed by atoms with E-state index >= 15 is 0 Å². The lowest BCUT2D eigenvalue weighted by Gasteiger charge is -2.06. The predicted molar refractivity (Wildman–Crippen MR) is 75.2 cm³/mol. The molecule has 6 heteroatoms. The number of nitrogens with one attached hydrogen (secondary N) is 1. The molecule has 0 aliphatic carbocycles. The minimum Gasteiger partial charge on any atom is -0.493 e. The molecule has 0 aliphatic rings. The second kappa shape index (κ2) is 5.88. The lowest BCUT2D eigenvalue weighted by molar-refractivity contribution is -0.133. The molecule has 2 N–H and O–H groups in total. The molecule has 0 aliphatic heterocycles. The first kappa shape index (κ1) is 13.6. The maximum atomic E-state index is 10.5. The number of carboxylic acid groups (broad SMARTS) is 1. The number of thioether (sulfide) groups is 1. The summed E-state index contributed by atoms with van der Waals surface area (Å²) in [4.78, 5) is 13.7. The van der Waals surface area contributed by atoms with E-state index in [1.165, 1.54) is 11.8 Å². The quantitative estimate of drug-likeness (QED) is 0.851. The van der Waals surface area contributed by atoms with Gasteiger partial charge in [-0.1, -0.05) is 0 Å². The highest BCUT2D eigenvalue weighted by Crippen LogP contribution is 2.32. The standard InChI is InChI=1S/C13H15NO4S/c1-17-11-4-8-3-9(6-19-7-13(15)16)14-10(8)5-12(11)18-2/h3-5,14H,6-7H2,1-2H3,(H,15,16). The van der Waals surface area contributed by atoms with Crippen LogP contribution >= 0.6 is 11.8 Å². The molecule has 5 nitrogen and oxygen atoms in total. The van der Waals surface area contributed by atoms with E-state index in [1.807, 2.05) is 18.2 Å². The molecule has 0 saturated carbocycles. The van der Waals surface area contributed by atoms with Gasteiger partial charge in [-0.05, 0) is 12.1 Å². The van der Waals surface area contributed by atoms with Crippen molar-refractivity contribution < 1.29 is 19.4 Å². The number of ether oxygens (including phenoxy) is 2. The van der Waals surface area contributed by atoms with Crippen molar-refractivity contribution in [3.8, 4) is 11.5 Å². The minimum absolute atomic E-state index is 0.0992. The molecular formula is C13H15NO4S. The number of rotatable bonds is 6. The van der Waals surface area contributed by atoms with Crippen LogP contribution in [0.5, 0.6) is 11.5 Å². The predicted octanol–water partition coefficient (Wildman–Crippen LogP) is 2.50. The number of carbonyl (C=O) groups is 1. The summed E-state index contributed by atoms with van der Waals surface area (Å²) >= 11 is 1.36. The lowest BCUT2D eigenvalue weighted by atomic mass is 10.2. The number of hydrogen-bond acceptors (Lipinski definition) is 4. The second-order valence-electron chi connectivity index (χ2n) is 3.98. The van der Waals surface area contributed by atoms with Gasteiger partial charge in [0.05, 0.1) is 20.0 Å². The van der Waals surface area contributed by atoms with Crippen LogP contribution in [0.25, 0.3) is 10.9 Å². The maximum absolute atomic E-state index is 10.5. The fourth-order valence-corrected chi connectivity index (χ4v) is 2.50. The zero-order valence-electron chi connectivity index (χ0n) is 10.7. The fourth-order valence-electron chi connectivity index (χ4n) is 1.85. The molecule has 1 aromatic carbocycles. The molecule has 0 fully saturated rings. The van der Waals surface area contributed by atoms with Gasteiger partial charge in [0.15, 0.2) is 11.5 Å². The minimum atomic E-state index is -0.801. The lowest BCUT2D eigenvalue weighted by Crippen LogP contribution is -1.98. The summed E-state index contributed by atoms with van der Waals surface area (Å²) in [5, 5.41) is 9.62. The third-order valence-electron chi connectivity index (χ3n) is 2.66. The Morgan fingerprint density at radius 1 is 1.26 bits per heavy atom. The molecule has 0 radical (unpaired) electrons. The Bertz CT molecular complexity index is 553. The van der Waals surface area contributed by atoms with Gasteiger partial charge >= 0.3 is 5.97 Å². The van der Waals surface area contributed by atoms with E-state index < -0.39 is 5.97 Å². The zero-order valence-corrected chi connectivity index (χ0v) is 11.5. The highest BCUT2D eigenvalue weighted by Gasteiger charge is 2.09. The van der Waals surface area contributed by atoms with Crippen molar-refractivity contribution in [2.45, 2.75) is 5.75 Å². The Balaban J connectivity index is 2.22. The van der Waals surface area contributed by atoms with Gasteiger partial charge in [-0.2, -0.15) is 0 Å². The first-order valence-corrected chi connectivity index (χ1v) is 6.82. The molecule has 0 bridgehead atoms. The Labute approximate surface area is 114 Å². The van der Waals surface area contributed by atoms with Crippen LogP contribution in [0.3, 0.4) is 0 Å². The monoisotopic (exact) mass is 281 g/mol. The molecule has 0 saturated heterocycles. The van der Waals surface area contributed by atoms with Gasteiger partial charge in [-0.25, -0.2) is 0 Å². The van der Waals surface area contributed by atoms with E-state index in [0.29, 0.717) is 17.3 Å². The second-order valence-corrected chi connectivity index (χ2v) is 4.96. The van der Waals surface area contributed by atoms with Crippen LogP contribution in [0.1, 0.15) is 5.69 Å². The Morgan fingerprint density at radius 3 is 2.58 bits per heavy atom. The highest BCUT2D eigenvalue weighted by atomic mass is 32.2. The SMILES string of the molecule is COc1cc2cc(CSCC(=O)O)[nH]c2cc1OC. The van der Waals surface area contributed by atoms with Gasteiger partial charge in [0.25, 0.3) is 0 Å². The number of aliphatic carboxylic acids is 1. The molecule has 1 heterocycles. The molecule has 0 atom stereocenters. The molecule has 0 spiro atoms. The molecule has 0 amide bonds. The molecule has 2 rings (SSSR count). The van der Waals surface area contributed by atoms with Gasteiger partial charge in [-0.15, -0.1) is 11.8 Å². The van der Waals surface area contributed by atoms with Crippen molar-refractivity contribution in [3.63, 3.8) is 0 Å². The van der Waals surface area contributed by atoms with Crippen molar-refractivity contribution in [3.05, 3.63) is 23.9 Å². The third kappa shape index (κ3) is 3.14. The van der Waals surface area contributed by atoms with Crippen LogP contribution in [-0.2, 0) is 10.5 Å². The molecule has 19 heavy (non-hydrogen) atoms. The summed E-state index contributed by atoms with van der Waals surface area (Å²) in [6.07, 6.45) is 0. The fraction of sp³-hybridized carbons (Fsp3) is 0.308. The summed E-state index contributed by atoms with van der Waals surface area (Å²) < 4.78 is 10.5. The highest BCUT2D eigenvalue weighted by molar-refractivity contribution is 7.99. The largest absolute Gasteiger partial charge is 0.493 e. The van der Waals surface area contributed by atoms with Crippen LogP contribution < -0.4 is 9.47 Å². The van der Waals surface area contributed by atoms with Crippen molar-refractivity contribution in [1.82, 2.24) is 4.98 Å². The average Bonchev–Trinajstić information content (AvgIpc) is 2.77. The molecular weight excluding hydrogens is 266 g/mol.